The summed E-state index contributed by atoms with van der Waals surface area (Å²) >= 11 is 0. The number of hydrogen-bond acceptors (Lipinski definition) is 7. The van der Waals surface area contributed by atoms with E-state index in [0.717, 1.165) is 22.3 Å². The van der Waals surface area contributed by atoms with E-state index in [2.05, 4.69) is 26.0 Å². The predicted octanol–water partition coefficient (Wildman–Crippen LogP) is 1.35. The first-order valence-electron chi connectivity index (χ1n) is 12.8. The first kappa shape index (κ1) is 30.1. The maximum absolute atomic E-state index is 12.9. The molecule has 2 aromatic rings. The summed E-state index contributed by atoms with van der Waals surface area (Å²) in [7, 11) is 0. The van der Waals surface area contributed by atoms with Crippen molar-refractivity contribution in [1.29, 1.82) is 0 Å². The average Bonchev–Trinajstić information content (AvgIpc) is 3.24. The van der Waals surface area contributed by atoms with Gasteiger partial charge in [0.05, 0.1) is 6.54 Å². The molecule has 0 aromatic heterocycles. The Morgan fingerprint density at radius 1 is 0.850 bits per heavy atom. The number of ether oxygens (including phenoxy) is 2. The molecule has 3 rings (SSSR count). The topological polar surface area (TPSA) is 172 Å². The summed E-state index contributed by atoms with van der Waals surface area (Å²) in [6, 6.07) is 13.9. The van der Waals surface area contributed by atoms with Crippen LogP contribution in [0.5, 0.6) is 0 Å². The van der Waals surface area contributed by atoms with E-state index in [1.54, 1.807) is 13.8 Å². The van der Waals surface area contributed by atoms with E-state index in [1.165, 1.54) is 6.92 Å². The number of fused-ring (bicyclic) bond motifs is 3. The predicted molar refractivity (Wildman–Crippen MR) is 144 cm³/mol. The lowest BCUT2D eigenvalue weighted by atomic mass is 9.98. The van der Waals surface area contributed by atoms with Crippen LogP contribution in [0, 0.1) is 5.92 Å². The van der Waals surface area contributed by atoms with Crippen LogP contribution in [-0.4, -0.2) is 73.5 Å². The number of alkyl carbamates (subject to hydrolysis) is 1. The summed E-state index contributed by atoms with van der Waals surface area (Å²) in [5, 5.41) is 18.3. The number of nitrogens with one attached hydrogen (secondary N) is 4. The molecule has 214 valence electrons. The molecule has 0 bridgehead atoms. The summed E-state index contributed by atoms with van der Waals surface area (Å²) in [5.41, 5.74) is 4.33. The second-order valence-corrected chi connectivity index (χ2v) is 9.63. The number of carboxylic acid groups (broad SMARTS) is 1. The van der Waals surface area contributed by atoms with Crippen molar-refractivity contribution in [2.45, 2.75) is 38.8 Å². The maximum Gasteiger partial charge on any atom is 0.407 e. The number of carbonyl (C=O) groups excluding carboxylic acids is 4. The fraction of sp³-hybridized carbons (Fsp3) is 0.393. The van der Waals surface area contributed by atoms with Crippen molar-refractivity contribution in [3.05, 3.63) is 59.7 Å². The smallest absolute Gasteiger partial charge is 0.407 e. The number of benzene rings is 2. The van der Waals surface area contributed by atoms with Crippen LogP contribution in [0.3, 0.4) is 0 Å². The molecule has 40 heavy (non-hydrogen) atoms. The highest BCUT2D eigenvalue weighted by atomic mass is 16.5. The van der Waals surface area contributed by atoms with Gasteiger partial charge in [-0.2, -0.15) is 0 Å². The third kappa shape index (κ3) is 8.03. The van der Waals surface area contributed by atoms with Gasteiger partial charge in [-0.15, -0.1) is 0 Å². The number of hydrogen-bond donors (Lipinski definition) is 5. The SMILES string of the molecule is CC(C)[C@H](NC(=O)OCC1c2ccccc2-c2ccccc21)C(=O)N[C@@H](C)C(=O)NCC(=O)NCOCC(=O)O. The Morgan fingerprint density at radius 2 is 1.45 bits per heavy atom. The van der Waals surface area contributed by atoms with Gasteiger partial charge < -0.3 is 35.8 Å². The van der Waals surface area contributed by atoms with Crippen LogP contribution in [0.1, 0.15) is 37.8 Å². The molecule has 12 heteroatoms. The molecular formula is C28H34N4O8. The zero-order valence-electron chi connectivity index (χ0n) is 22.6. The molecule has 0 unspecified atom stereocenters. The van der Waals surface area contributed by atoms with E-state index in [0.29, 0.717) is 0 Å². The minimum atomic E-state index is -1.18. The lowest BCUT2D eigenvalue weighted by Crippen LogP contribution is -2.55. The van der Waals surface area contributed by atoms with Gasteiger partial charge in [0.15, 0.2) is 0 Å². The van der Waals surface area contributed by atoms with Crippen molar-refractivity contribution in [2.24, 2.45) is 5.92 Å². The van der Waals surface area contributed by atoms with Crippen LogP contribution in [0.4, 0.5) is 4.79 Å². The molecule has 0 heterocycles. The molecule has 12 nitrogen and oxygen atoms in total. The summed E-state index contributed by atoms with van der Waals surface area (Å²) in [6.45, 7) is 3.72. The Morgan fingerprint density at radius 3 is 2.02 bits per heavy atom. The Bertz CT molecular complexity index is 1200. The Balaban J connectivity index is 1.48. The normalized spacial score (nSPS) is 13.4. The van der Waals surface area contributed by atoms with Crippen molar-refractivity contribution < 1.29 is 38.6 Å². The fourth-order valence-corrected chi connectivity index (χ4v) is 4.32. The van der Waals surface area contributed by atoms with Crippen LogP contribution < -0.4 is 21.3 Å². The largest absolute Gasteiger partial charge is 0.480 e. The van der Waals surface area contributed by atoms with Crippen LogP contribution in [0.25, 0.3) is 11.1 Å². The minimum absolute atomic E-state index is 0.0918. The van der Waals surface area contributed by atoms with E-state index >= 15 is 0 Å². The average molecular weight is 555 g/mol. The number of carbonyl (C=O) groups is 5. The molecule has 4 amide bonds. The summed E-state index contributed by atoms with van der Waals surface area (Å²) in [4.78, 5) is 60.1. The van der Waals surface area contributed by atoms with Gasteiger partial charge in [-0.05, 0) is 35.1 Å². The van der Waals surface area contributed by atoms with Gasteiger partial charge in [0.25, 0.3) is 0 Å². The first-order chi connectivity index (χ1) is 19.1. The van der Waals surface area contributed by atoms with E-state index in [9.17, 15) is 24.0 Å². The summed E-state index contributed by atoms with van der Waals surface area (Å²) < 4.78 is 10.2. The van der Waals surface area contributed by atoms with Crippen molar-refractivity contribution in [3.8, 4) is 11.1 Å². The zero-order chi connectivity index (χ0) is 29.2. The highest BCUT2D eigenvalue weighted by Gasteiger charge is 2.31. The Hall–Kier alpha value is -4.45. The zero-order valence-corrected chi connectivity index (χ0v) is 22.6. The molecule has 0 radical (unpaired) electrons. The van der Waals surface area contributed by atoms with Gasteiger partial charge in [-0.1, -0.05) is 62.4 Å². The molecule has 0 spiro atoms. The fourth-order valence-electron chi connectivity index (χ4n) is 4.32. The van der Waals surface area contributed by atoms with Gasteiger partial charge in [0.2, 0.25) is 17.7 Å². The number of aliphatic carboxylic acids is 1. The Kier molecular flexibility index (Phi) is 10.6. The van der Waals surface area contributed by atoms with Crippen molar-refractivity contribution in [1.82, 2.24) is 21.3 Å². The van der Waals surface area contributed by atoms with Gasteiger partial charge in [-0.25, -0.2) is 9.59 Å². The van der Waals surface area contributed by atoms with Crippen LogP contribution >= 0.6 is 0 Å². The monoisotopic (exact) mass is 554 g/mol. The standard InChI is InChI=1S/C28H34N4O8/c1-16(2)25(27(37)31-17(3)26(36)29-12-23(33)30-15-39-14-24(34)35)32-28(38)40-13-22-20-10-6-4-8-18(20)19-9-5-7-11-21(19)22/h4-11,16-17,22,25H,12-15H2,1-3H3,(H,29,36)(H,30,33)(H,31,37)(H,32,38)(H,34,35)/t17-,25-/m0/s1. The molecule has 2 atom stereocenters. The quantitative estimate of drug-likeness (QED) is 0.182. The molecule has 0 saturated carbocycles. The van der Waals surface area contributed by atoms with Gasteiger partial charge >= 0.3 is 12.1 Å². The molecule has 1 aliphatic carbocycles. The molecular weight excluding hydrogens is 520 g/mol. The number of rotatable bonds is 13. The molecule has 1 aliphatic rings. The highest BCUT2D eigenvalue weighted by Crippen LogP contribution is 2.44. The van der Waals surface area contributed by atoms with Crippen LogP contribution in [0.2, 0.25) is 0 Å². The van der Waals surface area contributed by atoms with Crippen molar-refractivity contribution in [3.63, 3.8) is 0 Å². The second kappa shape index (κ2) is 14.1. The maximum atomic E-state index is 12.9. The lowest BCUT2D eigenvalue weighted by Gasteiger charge is -2.24. The first-order valence-corrected chi connectivity index (χ1v) is 12.8. The van der Waals surface area contributed by atoms with Gasteiger partial charge in [0.1, 0.15) is 32.0 Å². The lowest BCUT2D eigenvalue weighted by molar-refractivity contribution is -0.143. The molecule has 0 aliphatic heterocycles. The highest BCUT2D eigenvalue weighted by molar-refractivity contribution is 5.92. The van der Waals surface area contributed by atoms with E-state index < -0.39 is 55.0 Å². The Labute approximate surface area is 231 Å². The third-order valence-electron chi connectivity index (χ3n) is 6.34. The third-order valence-corrected chi connectivity index (χ3v) is 6.34. The van der Waals surface area contributed by atoms with E-state index in [-0.39, 0.29) is 25.2 Å². The van der Waals surface area contributed by atoms with E-state index in [1.807, 2.05) is 48.5 Å². The van der Waals surface area contributed by atoms with Gasteiger partial charge in [-0.3, -0.25) is 14.4 Å². The van der Waals surface area contributed by atoms with Crippen LogP contribution in [0.15, 0.2) is 48.5 Å². The molecule has 0 saturated heterocycles. The number of carboxylic acids is 1. The minimum Gasteiger partial charge on any atom is -0.480 e. The van der Waals surface area contributed by atoms with Gasteiger partial charge in [0, 0.05) is 5.92 Å². The summed E-state index contributed by atoms with van der Waals surface area (Å²) in [6.07, 6.45) is -0.755. The van der Waals surface area contributed by atoms with E-state index in [4.69, 9.17) is 9.84 Å². The summed E-state index contributed by atoms with van der Waals surface area (Å²) in [5.74, 6) is -3.44. The van der Waals surface area contributed by atoms with Crippen molar-refractivity contribution in [2.75, 3.05) is 26.5 Å². The van der Waals surface area contributed by atoms with Crippen molar-refractivity contribution >= 4 is 29.8 Å². The number of amides is 4. The second-order valence-electron chi connectivity index (χ2n) is 9.63. The molecule has 2 aromatic carbocycles. The molecule has 0 fully saturated rings. The molecule has 5 N–H and O–H groups in total. The van der Waals surface area contributed by atoms with Crippen LogP contribution in [-0.2, 0) is 28.7 Å².